The second-order valence-electron chi connectivity index (χ2n) is 5.47. The van der Waals surface area contributed by atoms with Gasteiger partial charge in [-0.15, -0.1) is 0 Å². The minimum atomic E-state index is 0.627. The summed E-state index contributed by atoms with van der Waals surface area (Å²) in [5.74, 6) is 0.627. The predicted molar refractivity (Wildman–Crippen MR) is 92.4 cm³/mol. The van der Waals surface area contributed by atoms with Gasteiger partial charge in [0.2, 0.25) is 5.95 Å². The van der Waals surface area contributed by atoms with Gasteiger partial charge in [0.05, 0.1) is 17.9 Å². The van der Waals surface area contributed by atoms with Crippen molar-refractivity contribution in [1.29, 1.82) is 0 Å². The van der Waals surface area contributed by atoms with Gasteiger partial charge in [0.1, 0.15) is 0 Å². The number of hydrogen-bond donors (Lipinski definition) is 1. The molecule has 0 spiro atoms. The minimum Gasteiger partial charge on any atom is -0.357 e. The number of anilines is 1. The summed E-state index contributed by atoms with van der Waals surface area (Å²) in [6.45, 7) is 2.11. The summed E-state index contributed by atoms with van der Waals surface area (Å²) in [6.07, 6.45) is 5.46. The van der Waals surface area contributed by atoms with E-state index in [0.717, 1.165) is 27.2 Å². The van der Waals surface area contributed by atoms with Gasteiger partial charge in [-0.2, -0.15) is 10.2 Å². The van der Waals surface area contributed by atoms with Crippen molar-refractivity contribution in [3.05, 3.63) is 54.5 Å². The molecule has 4 rings (SSSR count). The third kappa shape index (κ3) is 2.26. The smallest absolute Gasteiger partial charge is 0.222 e. The molecule has 0 saturated carbocycles. The van der Waals surface area contributed by atoms with Gasteiger partial charge in [-0.3, -0.25) is 0 Å². The number of fused-ring (bicyclic) bond motifs is 2. The predicted octanol–water partition coefficient (Wildman–Crippen LogP) is 3.59. The Hall–Kier alpha value is -3.08. The Labute approximate surface area is 133 Å². The molecule has 4 aromatic rings. The number of hydrogen-bond acceptors (Lipinski definition) is 5. The summed E-state index contributed by atoms with van der Waals surface area (Å²) < 4.78 is 0. The molecule has 0 bridgehead atoms. The van der Waals surface area contributed by atoms with Crippen LogP contribution in [0.3, 0.4) is 0 Å². The molecule has 0 atom stereocenters. The van der Waals surface area contributed by atoms with E-state index in [9.17, 15) is 0 Å². The van der Waals surface area contributed by atoms with Crippen LogP contribution in [0, 0.1) is 6.92 Å². The van der Waals surface area contributed by atoms with E-state index in [0.29, 0.717) is 5.95 Å². The van der Waals surface area contributed by atoms with Gasteiger partial charge >= 0.3 is 0 Å². The summed E-state index contributed by atoms with van der Waals surface area (Å²) in [7, 11) is 1.82. The van der Waals surface area contributed by atoms with Crippen LogP contribution in [0.15, 0.2) is 48.9 Å². The van der Waals surface area contributed by atoms with Crippen molar-refractivity contribution in [3.8, 4) is 11.1 Å². The van der Waals surface area contributed by atoms with Crippen LogP contribution in [-0.2, 0) is 0 Å². The van der Waals surface area contributed by atoms with E-state index in [4.69, 9.17) is 0 Å². The molecule has 0 aliphatic heterocycles. The molecule has 0 unspecified atom stereocenters. The molecule has 1 N–H and O–H groups in total. The quantitative estimate of drug-likeness (QED) is 0.613. The highest BCUT2D eigenvalue weighted by atomic mass is 15.1. The summed E-state index contributed by atoms with van der Waals surface area (Å²) in [4.78, 5) is 8.77. The molecule has 5 heteroatoms. The number of aromatic nitrogens is 4. The number of aryl methyl sites for hydroxylation is 1. The van der Waals surface area contributed by atoms with Gasteiger partial charge in [-0.05, 0) is 35.7 Å². The molecule has 2 heterocycles. The Morgan fingerprint density at radius 2 is 1.78 bits per heavy atom. The Kier molecular flexibility index (Phi) is 3.12. The molecule has 0 radical (unpaired) electrons. The molecule has 0 amide bonds. The van der Waals surface area contributed by atoms with Crippen molar-refractivity contribution in [3.63, 3.8) is 0 Å². The Bertz CT molecular complexity index is 1030. The van der Waals surface area contributed by atoms with Crippen molar-refractivity contribution in [2.75, 3.05) is 12.4 Å². The maximum absolute atomic E-state index is 4.47. The monoisotopic (exact) mass is 301 g/mol. The van der Waals surface area contributed by atoms with E-state index in [2.05, 4.69) is 56.7 Å². The van der Waals surface area contributed by atoms with E-state index < -0.39 is 0 Å². The molecule has 2 aromatic heterocycles. The normalized spacial score (nSPS) is 11.0. The number of nitrogens with one attached hydrogen (secondary N) is 1. The molecule has 0 aliphatic rings. The van der Waals surface area contributed by atoms with Gasteiger partial charge in [-0.25, -0.2) is 9.97 Å². The zero-order valence-corrected chi connectivity index (χ0v) is 12.9. The molecule has 0 aliphatic carbocycles. The number of nitrogens with zero attached hydrogens (tertiary/aromatic N) is 4. The van der Waals surface area contributed by atoms with Crippen LogP contribution < -0.4 is 5.32 Å². The first-order valence-corrected chi connectivity index (χ1v) is 7.41. The van der Waals surface area contributed by atoms with Crippen LogP contribution in [0.4, 0.5) is 5.95 Å². The lowest BCUT2D eigenvalue weighted by atomic mass is 9.95. The second-order valence-corrected chi connectivity index (χ2v) is 5.47. The van der Waals surface area contributed by atoms with Crippen LogP contribution in [-0.4, -0.2) is 27.2 Å². The molecule has 23 heavy (non-hydrogen) atoms. The lowest BCUT2D eigenvalue weighted by molar-refractivity contribution is 1.05. The fourth-order valence-corrected chi connectivity index (χ4v) is 2.88. The third-order valence-corrected chi connectivity index (χ3v) is 4.03. The lowest BCUT2D eigenvalue weighted by Crippen LogP contribution is -1.96. The molecular weight excluding hydrogens is 286 g/mol. The largest absolute Gasteiger partial charge is 0.357 e. The fourth-order valence-electron chi connectivity index (χ4n) is 2.88. The fraction of sp³-hybridized carbons (Fsp3) is 0.111. The topological polar surface area (TPSA) is 63.6 Å². The maximum Gasteiger partial charge on any atom is 0.222 e. The molecule has 5 nitrogen and oxygen atoms in total. The van der Waals surface area contributed by atoms with E-state index in [1.807, 2.05) is 25.5 Å². The van der Waals surface area contributed by atoms with Gasteiger partial charge in [-0.1, -0.05) is 18.2 Å². The van der Waals surface area contributed by atoms with Gasteiger partial charge in [0.15, 0.2) is 0 Å². The first kappa shape index (κ1) is 13.6. The second kappa shape index (κ2) is 5.28. The maximum atomic E-state index is 4.47. The SMILES string of the molecule is CNc1ncc2cc(-c3c(C)ccc4cnncc34)ccc2n1. The lowest BCUT2D eigenvalue weighted by Gasteiger charge is -2.11. The van der Waals surface area contributed by atoms with Crippen molar-refractivity contribution in [1.82, 2.24) is 20.2 Å². The standard InChI is InChI=1S/C18H15N5/c1-11-3-4-13-9-21-22-10-15(13)17(11)12-5-6-16-14(7-12)8-20-18(19-2)23-16/h3-10H,1-2H3,(H,19,20,23). The van der Waals surface area contributed by atoms with Crippen molar-refractivity contribution in [2.45, 2.75) is 6.92 Å². The van der Waals surface area contributed by atoms with Crippen LogP contribution in [0.5, 0.6) is 0 Å². The van der Waals surface area contributed by atoms with Gasteiger partial charge in [0.25, 0.3) is 0 Å². The molecule has 2 aromatic carbocycles. The van der Waals surface area contributed by atoms with E-state index in [-0.39, 0.29) is 0 Å². The average molecular weight is 301 g/mol. The van der Waals surface area contributed by atoms with Crippen LogP contribution in [0.2, 0.25) is 0 Å². The number of benzene rings is 2. The summed E-state index contributed by atoms with van der Waals surface area (Å²) >= 11 is 0. The Morgan fingerprint density at radius 3 is 2.65 bits per heavy atom. The Balaban J connectivity index is 1.97. The summed E-state index contributed by atoms with van der Waals surface area (Å²) in [5, 5.41) is 14.2. The van der Waals surface area contributed by atoms with Crippen LogP contribution >= 0.6 is 0 Å². The van der Waals surface area contributed by atoms with E-state index >= 15 is 0 Å². The van der Waals surface area contributed by atoms with Crippen molar-refractivity contribution in [2.24, 2.45) is 0 Å². The van der Waals surface area contributed by atoms with Crippen LogP contribution in [0.25, 0.3) is 32.8 Å². The number of rotatable bonds is 2. The minimum absolute atomic E-state index is 0.627. The average Bonchev–Trinajstić information content (AvgIpc) is 2.60. The molecular formula is C18H15N5. The summed E-state index contributed by atoms with van der Waals surface area (Å²) in [5.41, 5.74) is 4.44. The zero-order valence-electron chi connectivity index (χ0n) is 12.9. The van der Waals surface area contributed by atoms with Crippen LogP contribution in [0.1, 0.15) is 5.56 Å². The van der Waals surface area contributed by atoms with E-state index in [1.165, 1.54) is 11.1 Å². The first-order chi connectivity index (χ1) is 11.3. The highest BCUT2D eigenvalue weighted by molar-refractivity contribution is 5.99. The summed E-state index contributed by atoms with van der Waals surface area (Å²) in [6, 6.07) is 10.4. The van der Waals surface area contributed by atoms with Crippen molar-refractivity contribution < 1.29 is 0 Å². The van der Waals surface area contributed by atoms with Gasteiger partial charge in [0, 0.05) is 29.4 Å². The van der Waals surface area contributed by atoms with Crippen molar-refractivity contribution >= 4 is 27.6 Å². The Morgan fingerprint density at radius 1 is 0.913 bits per heavy atom. The first-order valence-electron chi connectivity index (χ1n) is 7.41. The third-order valence-electron chi connectivity index (χ3n) is 4.03. The van der Waals surface area contributed by atoms with E-state index in [1.54, 1.807) is 6.20 Å². The molecule has 0 saturated heterocycles. The van der Waals surface area contributed by atoms with Gasteiger partial charge < -0.3 is 5.32 Å². The highest BCUT2D eigenvalue weighted by Crippen LogP contribution is 2.32. The molecule has 112 valence electrons. The molecule has 0 fully saturated rings. The zero-order chi connectivity index (χ0) is 15.8. The highest BCUT2D eigenvalue weighted by Gasteiger charge is 2.09.